The molecule has 2 amide bonds. The number of hydrogen-bond acceptors (Lipinski definition) is 5. The minimum absolute atomic E-state index is 0.0726. The van der Waals surface area contributed by atoms with Crippen molar-refractivity contribution in [3.63, 3.8) is 0 Å². The van der Waals surface area contributed by atoms with Crippen LogP contribution in [0.15, 0.2) is 48.5 Å². The van der Waals surface area contributed by atoms with Crippen LogP contribution in [0.1, 0.15) is 25.8 Å². The van der Waals surface area contributed by atoms with Crippen molar-refractivity contribution < 1.29 is 23.9 Å². The smallest absolute Gasteiger partial charge is 0.311 e. The topological polar surface area (TPSA) is 84.9 Å². The van der Waals surface area contributed by atoms with E-state index in [4.69, 9.17) is 9.47 Å². The van der Waals surface area contributed by atoms with Gasteiger partial charge < -0.3 is 19.7 Å². The first-order chi connectivity index (χ1) is 14.5. The highest BCUT2D eigenvalue weighted by molar-refractivity contribution is 6.00. The molecule has 2 aromatic carbocycles. The molecule has 0 radical (unpaired) electrons. The second-order valence-corrected chi connectivity index (χ2v) is 7.01. The molecule has 2 aromatic rings. The van der Waals surface area contributed by atoms with Crippen LogP contribution >= 0.6 is 0 Å². The highest BCUT2D eigenvalue weighted by Crippen LogP contribution is 2.27. The van der Waals surface area contributed by atoms with Gasteiger partial charge in [0.25, 0.3) is 5.91 Å². The Morgan fingerprint density at radius 2 is 1.83 bits per heavy atom. The number of esters is 1. The molecule has 158 valence electrons. The van der Waals surface area contributed by atoms with E-state index in [1.807, 2.05) is 31.2 Å². The molecule has 7 heteroatoms. The summed E-state index contributed by atoms with van der Waals surface area (Å²) in [6.45, 7) is 4.21. The fraction of sp³-hybridized carbons (Fsp3) is 0.348. The number of benzene rings is 2. The monoisotopic (exact) mass is 410 g/mol. The molecule has 1 aliphatic rings. The third-order valence-corrected chi connectivity index (χ3v) is 4.92. The second kappa shape index (κ2) is 9.91. The molecule has 1 saturated heterocycles. The number of para-hydroxylation sites is 2. The minimum atomic E-state index is -0.591. The fourth-order valence-electron chi connectivity index (χ4n) is 3.32. The maximum atomic E-state index is 12.4. The summed E-state index contributed by atoms with van der Waals surface area (Å²) in [6, 6.07) is 14.7. The van der Waals surface area contributed by atoms with Crippen molar-refractivity contribution >= 4 is 29.2 Å². The Labute approximate surface area is 176 Å². The summed E-state index contributed by atoms with van der Waals surface area (Å²) < 4.78 is 10.6. The molecular formula is C23H26N2O5. The van der Waals surface area contributed by atoms with Crippen LogP contribution in [0.4, 0.5) is 11.4 Å². The quantitative estimate of drug-likeness (QED) is 0.676. The van der Waals surface area contributed by atoms with Crippen molar-refractivity contribution in [3.8, 4) is 5.75 Å². The van der Waals surface area contributed by atoms with E-state index in [1.54, 1.807) is 29.2 Å². The van der Waals surface area contributed by atoms with E-state index in [0.29, 0.717) is 18.0 Å². The highest BCUT2D eigenvalue weighted by Gasteiger charge is 2.36. The lowest BCUT2D eigenvalue weighted by molar-refractivity contribution is -0.151. The molecule has 7 nitrogen and oxygen atoms in total. The van der Waals surface area contributed by atoms with Crippen LogP contribution < -0.4 is 15.0 Å². The maximum absolute atomic E-state index is 12.4. The Balaban J connectivity index is 1.52. The summed E-state index contributed by atoms with van der Waals surface area (Å²) in [7, 11) is 0. The highest BCUT2D eigenvalue weighted by atomic mass is 16.5. The minimum Gasteiger partial charge on any atom is -0.492 e. The molecule has 3 rings (SSSR count). The van der Waals surface area contributed by atoms with E-state index in [-0.39, 0.29) is 18.9 Å². The predicted molar refractivity (Wildman–Crippen MR) is 113 cm³/mol. The van der Waals surface area contributed by atoms with Crippen molar-refractivity contribution in [1.82, 2.24) is 0 Å². The Morgan fingerprint density at radius 3 is 2.53 bits per heavy atom. The molecule has 0 saturated carbocycles. The zero-order chi connectivity index (χ0) is 21.5. The van der Waals surface area contributed by atoms with Crippen LogP contribution in [0.25, 0.3) is 0 Å². The van der Waals surface area contributed by atoms with E-state index in [2.05, 4.69) is 12.2 Å². The Bertz CT molecular complexity index is 910. The SMILES string of the molecule is CCOc1ccccc1NC(=O)COC(=O)[C@H]1CC(=O)N(c2ccc(CC)cc2)C1. The Kier molecular flexibility index (Phi) is 7.06. The van der Waals surface area contributed by atoms with E-state index in [9.17, 15) is 14.4 Å². The van der Waals surface area contributed by atoms with Crippen molar-refractivity contribution in [2.75, 3.05) is 30.0 Å². The summed E-state index contributed by atoms with van der Waals surface area (Å²) in [5.41, 5.74) is 2.45. The van der Waals surface area contributed by atoms with E-state index in [1.165, 1.54) is 5.56 Å². The standard InChI is InChI=1S/C23H26N2O5/c1-3-16-9-11-18(12-10-16)25-14-17(13-22(25)27)23(28)30-15-21(26)24-19-7-5-6-8-20(19)29-4-2/h5-12,17H,3-4,13-15H2,1-2H3,(H,24,26)/t17-/m0/s1. The maximum Gasteiger partial charge on any atom is 0.311 e. The summed E-state index contributed by atoms with van der Waals surface area (Å²) >= 11 is 0. The number of nitrogens with one attached hydrogen (secondary N) is 1. The molecule has 0 bridgehead atoms. The van der Waals surface area contributed by atoms with Gasteiger partial charge in [0, 0.05) is 18.7 Å². The summed E-state index contributed by atoms with van der Waals surface area (Å²) in [5, 5.41) is 2.68. The van der Waals surface area contributed by atoms with Gasteiger partial charge in [0.2, 0.25) is 5.91 Å². The van der Waals surface area contributed by atoms with Crippen LogP contribution in [0.3, 0.4) is 0 Å². The molecule has 30 heavy (non-hydrogen) atoms. The summed E-state index contributed by atoms with van der Waals surface area (Å²) in [6.07, 6.45) is 0.990. The number of rotatable bonds is 8. The third kappa shape index (κ3) is 5.17. The van der Waals surface area contributed by atoms with Gasteiger partial charge in [0.1, 0.15) is 5.75 Å². The normalized spacial score (nSPS) is 15.7. The summed E-state index contributed by atoms with van der Waals surface area (Å²) in [4.78, 5) is 38.5. The molecule has 0 aromatic heterocycles. The van der Waals surface area contributed by atoms with Gasteiger partial charge in [-0.05, 0) is 43.2 Å². The number of carbonyl (C=O) groups excluding carboxylic acids is 3. The zero-order valence-corrected chi connectivity index (χ0v) is 17.2. The number of ether oxygens (including phenoxy) is 2. The molecule has 1 aliphatic heterocycles. The molecule has 1 fully saturated rings. The first kappa shape index (κ1) is 21.4. The van der Waals surface area contributed by atoms with Crippen molar-refractivity contribution in [3.05, 3.63) is 54.1 Å². The van der Waals surface area contributed by atoms with Gasteiger partial charge in [-0.3, -0.25) is 14.4 Å². The van der Waals surface area contributed by atoms with Crippen LogP contribution in [0.2, 0.25) is 0 Å². The first-order valence-electron chi connectivity index (χ1n) is 10.1. The lowest BCUT2D eigenvalue weighted by Gasteiger charge is -2.17. The lowest BCUT2D eigenvalue weighted by Crippen LogP contribution is -2.28. The molecule has 1 atom stereocenters. The number of carbonyl (C=O) groups is 3. The number of nitrogens with zero attached hydrogens (tertiary/aromatic N) is 1. The summed E-state index contributed by atoms with van der Waals surface area (Å²) in [5.74, 6) is -1.19. The Morgan fingerprint density at radius 1 is 1.10 bits per heavy atom. The number of hydrogen-bond donors (Lipinski definition) is 1. The number of aryl methyl sites for hydroxylation is 1. The molecular weight excluding hydrogens is 384 g/mol. The number of amides is 2. The van der Waals surface area contributed by atoms with E-state index in [0.717, 1.165) is 12.1 Å². The fourth-order valence-corrected chi connectivity index (χ4v) is 3.32. The molecule has 0 spiro atoms. The van der Waals surface area contributed by atoms with Gasteiger partial charge in [-0.25, -0.2) is 0 Å². The number of anilines is 2. The van der Waals surface area contributed by atoms with Gasteiger partial charge in [0.05, 0.1) is 18.2 Å². The molecule has 0 aliphatic carbocycles. The van der Waals surface area contributed by atoms with Gasteiger partial charge in [-0.15, -0.1) is 0 Å². The Hall–Kier alpha value is -3.35. The average molecular weight is 410 g/mol. The lowest BCUT2D eigenvalue weighted by atomic mass is 10.1. The van der Waals surface area contributed by atoms with Crippen molar-refractivity contribution in [1.29, 1.82) is 0 Å². The van der Waals surface area contributed by atoms with Crippen LogP contribution in [0.5, 0.6) is 5.75 Å². The predicted octanol–water partition coefficient (Wildman–Crippen LogP) is 3.18. The van der Waals surface area contributed by atoms with Crippen molar-refractivity contribution in [2.24, 2.45) is 5.92 Å². The van der Waals surface area contributed by atoms with Gasteiger partial charge in [0.15, 0.2) is 6.61 Å². The first-order valence-corrected chi connectivity index (χ1v) is 10.1. The van der Waals surface area contributed by atoms with E-state index >= 15 is 0 Å². The molecule has 1 N–H and O–H groups in total. The largest absolute Gasteiger partial charge is 0.492 e. The van der Waals surface area contributed by atoms with Crippen LogP contribution in [-0.2, 0) is 25.5 Å². The van der Waals surface area contributed by atoms with E-state index < -0.39 is 24.4 Å². The average Bonchev–Trinajstić information content (AvgIpc) is 3.15. The van der Waals surface area contributed by atoms with Crippen LogP contribution in [0, 0.1) is 5.92 Å². The molecule has 1 heterocycles. The van der Waals surface area contributed by atoms with Crippen molar-refractivity contribution in [2.45, 2.75) is 26.7 Å². The van der Waals surface area contributed by atoms with Gasteiger partial charge in [-0.2, -0.15) is 0 Å². The van der Waals surface area contributed by atoms with Gasteiger partial charge in [-0.1, -0.05) is 31.2 Å². The van der Waals surface area contributed by atoms with Gasteiger partial charge >= 0.3 is 5.97 Å². The zero-order valence-electron chi connectivity index (χ0n) is 17.2. The second-order valence-electron chi connectivity index (χ2n) is 7.01. The van der Waals surface area contributed by atoms with Crippen LogP contribution in [-0.4, -0.2) is 37.5 Å². The molecule has 0 unspecified atom stereocenters. The third-order valence-electron chi connectivity index (χ3n) is 4.92.